The van der Waals surface area contributed by atoms with Crippen molar-refractivity contribution < 1.29 is 0 Å². The molecule has 1 rings (SSSR count). The Labute approximate surface area is 142 Å². The lowest BCUT2D eigenvalue weighted by molar-refractivity contribution is 1.31. The first kappa shape index (κ1) is 18.8. The Balaban J connectivity index is 2.86. The third-order valence-electron chi connectivity index (χ3n) is 3.68. The van der Waals surface area contributed by atoms with Crippen LogP contribution < -0.4 is 0 Å². The van der Waals surface area contributed by atoms with Crippen LogP contribution in [0.25, 0.3) is 5.57 Å². The maximum absolute atomic E-state index is 4.29. The lowest BCUT2D eigenvalue weighted by atomic mass is 9.61. The van der Waals surface area contributed by atoms with Gasteiger partial charge in [-0.1, -0.05) is 78.8 Å². The highest BCUT2D eigenvalue weighted by molar-refractivity contribution is 6.55. The fraction of sp³-hybridized carbons (Fsp3) is 0.182. The Morgan fingerprint density at radius 3 is 2.52 bits per heavy atom. The molecule has 0 aliphatic rings. The Morgan fingerprint density at radius 1 is 1.17 bits per heavy atom. The number of hydrogen-bond donors (Lipinski definition) is 0. The minimum absolute atomic E-state index is 0.873. The largest absolute Gasteiger partial charge is 0.186 e. The molecule has 0 N–H and O–H groups in total. The van der Waals surface area contributed by atoms with Gasteiger partial charge in [0.15, 0.2) is 7.28 Å². The van der Waals surface area contributed by atoms with Gasteiger partial charge in [0.1, 0.15) is 0 Å². The monoisotopic (exact) mass is 302 g/mol. The van der Waals surface area contributed by atoms with Crippen LogP contribution in [0.2, 0.25) is 0 Å². The van der Waals surface area contributed by atoms with Gasteiger partial charge < -0.3 is 0 Å². The Hall–Kier alpha value is -2.28. The second-order valence-electron chi connectivity index (χ2n) is 5.59. The summed E-state index contributed by atoms with van der Waals surface area (Å²) >= 11 is 0. The van der Waals surface area contributed by atoms with Crippen molar-refractivity contribution in [2.45, 2.75) is 27.2 Å². The molecule has 118 valence electrons. The van der Waals surface area contributed by atoms with Gasteiger partial charge >= 0.3 is 0 Å². The second kappa shape index (κ2) is 10.5. The topological polar surface area (TPSA) is 0 Å². The van der Waals surface area contributed by atoms with E-state index < -0.39 is 0 Å². The summed E-state index contributed by atoms with van der Waals surface area (Å²) < 4.78 is 0. The van der Waals surface area contributed by atoms with Crippen molar-refractivity contribution in [3.8, 4) is 0 Å². The van der Waals surface area contributed by atoms with E-state index in [1.165, 1.54) is 27.6 Å². The fourth-order valence-corrected chi connectivity index (χ4v) is 2.49. The quantitative estimate of drug-likeness (QED) is 0.412. The van der Waals surface area contributed by atoms with Crippen molar-refractivity contribution in [2.75, 3.05) is 0 Å². The molecule has 0 saturated carbocycles. The van der Waals surface area contributed by atoms with E-state index in [-0.39, 0.29) is 0 Å². The van der Waals surface area contributed by atoms with Crippen LogP contribution in [-0.4, -0.2) is 7.28 Å². The van der Waals surface area contributed by atoms with Crippen LogP contribution in [0.15, 0.2) is 90.9 Å². The normalized spacial score (nSPS) is 12.8. The van der Waals surface area contributed by atoms with Gasteiger partial charge in [0.2, 0.25) is 0 Å². The molecular formula is C22H27B. The molecule has 0 radical (unpaired) electrons. The van der Waals surface area contributed by atoms with Gasteiger partial charge in [-0.05, 0) is 43.9 Å². The summed E-state index contributed by atoms with van der Waals surface area (Å²) in [6, 6.07) is 8.52. The molecule has 0 heterocycles. The van der Waals surface area contributed by atoms with E-state index in [1.807, 2.05) is 19.1 Å². The lowest BCUT2D eigenvalue weighted by Crippen LogP contribution is -2.01. The van der Waals surface area contributed by atoms with E-state index in [2.05, 4.69) is 75.6 Å². The Morgan fingerprint density at radius 2 is 1.91 bits per heavy atom. The molecule has 0 bridgehead atoms. The first-order valence-electron chi connectivity index (χ1n) is 8.11. The summed E-state index contributed by atoms with van der Waals surface area (Å²) in [5.41, 5.74) is 6.42. The fourth-order valence-electron chi connectivity index (χ4n) is 2.49. The molecule has 1 aromatic rings. The molecule has 0 aliphatic carbocycles. The molecule has 0 aliphatic heterocycles. The molecule has 0 unspecified atom stereocenters. The molecule has 0 spiro atoms. The van der Waals surface area contributed by atoms with Gasteiger partial charge in [0.25, 0.3) is 0 Å². The van der Waals surface area contributed by atoms with Crippen LogP contribution in [0, 0.1) is 6.92 Å². The van der Waals surface area contributed by atoms with Gasteiger partial charge in [0, 0.05) is 0 Å². The van der Waals surface area contributed by atoms with Crippen LogP contribution in [0.5, 0.6) is 0 Å². The van der Waals surface area contributed by atoms with Crippen LogP contribution in [-0.2, 0) is 0 Å². The van der Waals surface area contributed by atoms with E-state index in [1.54, 1.807) is 6.08 Å². The van der Waals surface area contributed by atoms with Gasteiger partial charge in [-0.2, -0.15) is 0 Å². The van der Waals surface area contributed by atoms with Crippen molar-refractivity contribution in [2.24, 2.45) is 0 Å². The summed E-state index contributed by atoms with van der Waals surface area (Å²) in [4.78, 5) is 0. The predicted octanol–water partition coefficient (Wildman–Crippen LogP) is 5.94. The third kappa shape index (κ3) is 6.56. The molecule has 0 nitrogen and oxygen atoms in total. The maximum atomic E-state index is 4.29. The standard InChI is InChI=1S/C22H27B/c1-6-9-14-21(15-10-7-2)23-19(5)17-20(8-3)22-16-12-11-13-18(22)4/h6-16,23H,1,5,17H2,2-4H3/b10-7-,14-9-,20-8-,21-15+. The predicted molar refractivity (Wildman–Crippen MR) is 108 cm³/mol. The Kier molecular flexibility index (Phi) is 8.53. The SMILES string of the molecule is C=C\C=C/C(BC(=C)C/C(=C/C)c1ccccc1C)=C\C=C/C. The first-order chi connectivity index (χ1) is 11.1. The smallest absolute Gasteiger partial charge is 0.108 e. The van der Waals surface area contributed by atoms with Gasteiger partial charge in [-0.25, -0.2) is 0 Å². The number of allylic oxidation sites excluding steroid dienone is 10. The molecular weight excluding hydrogens is 275 g/mol. The average molecular weight is 302 g/mol. The van der Waals surface area contributed by atoms with Crippen molar-refractivity contribution in [3.05, 3.63) is 102 Å². The van der Waals surface area contributed by atoms with Crippen LogP contribution >= 0.6 is 0 Å². The minimum Gasteiger partial charge on any atom is -0.108 e. The summed E-state index contributed by atoms with van der Waals surface area (Å²) in [6.07, 6.45) is 15.2. The van der Waals surface area contributed by atoms with E-state index in [0.29, 0.717) is 0 Å². The number of benzene rings is 1. The summed E-state index contributed by atoms with van der Waals surface area (Å²) in [7, 11) is 0.873. The third-order valence-corrected chi connectivity index (χ3v) is 3.68. The zero-order valence-electron chi connectivity index (χ0n) is 14.7. The Bertz CT molecular complexity index is 654. The highest BCUT2D eigenvalue weighted by atomic mass is 14.1. The molecule has 1 aromatic carbocycles. The van der Waals surface area contributed by atoms with Gasteiger partial charge in [-0.15, -0.1) is 12.1 Å². The highest BCUT2D eigenvalue weighted by Crippen LogP contribution is 2.25. The lowest BCUT2D eigenvalue weighted by Gasteiger charge is -2.12. The molecule has 1 heteroatoms. The first-order valence-corrected chi connectivity index (χ1v) is 8.11. The molecule has 0 atom stereocenters. The van der Waals surface area contributed by atoms with Gasteiger partial charge in [0.05, 0.1) is 0 Å². The molecule has 23 heavy (non-hydrogen) atoms. The van der Waals surface area contributed by atoms with Gasteiger partial charge in [-0.3, -0.25) is 0 Å². The van der Waals surface area contributed by atoms with Crippen LogP contribution in [0.4, 0.5) is 0 Å². The zero-order valence-corrected chi connectivity index (χ0v) is 14.7. The summed E-state index contributed by atoms with van der Waals surface area (Å²) in [5.74, 6) is 0. The minimum atomic E-state index is 0.873. The van der Waals surface area contributed by atoms with Crippen molar-refractivity contribution >= 4 is 12.9 Å². The zero-order chi connectivity index (χ0) is 17.1. The second-order valence-corrected chi connectivity index (χ2v) is 5.59. The maximum Gasteiger partial charge on any atom is 0.186 e. The van der Waals surface area contributed by atoms with E-state index in [4.69, 9.17) is 0 Å². The van der Waals surface area contributed by atoms with Crippen molar-refractivity contribution in [1.29, 1.82) is 0 Å². The van der Waals surface area contributed by atoms with Crippen LogP contribution in [0.1, 0.15) is 31.4 Å². The summed E-state index contributed by atoms with van der Waals surface area (Å²) in [6.45, 7) is 14.3. The molecule has 0 aromatic heterocycles. The van der Waals surface area contributed by atoms with Crippen molar-refractivity contribution in [3.63, 3.8) is 0 Å². The molecule has 0 saturated heterocycles. The van der Waals surface area contributed by atoms with Crippen LogP contribution in [0.3, 0.4) is 0 Å². The van der Waals surface area contributed by atoms with E-state index in [9.17, 15) is 0 Å². The highest BCUT2D eigenvalue weighted by Gasteiger charge is 2.07. The molecule has 0 fully saturated rings. The van der Waals surface area contributed by atoms with Crippen molar-refractivity contribution in [1.82, 2.24) is 0 Å². The number of rotatable bonds is 8. The average Bonchev–Trinajstić information content (AvgIpc) is 2.55. The summed E-state index contributed by atoms with van der Waals surface area (Å²) in [5, 5.41) is 0. The van der Waals surface area contributed by atoms with E-state index in [0.717, 1.165) is 13.7 Å². The number of aryl methyl sites for hydroxylation is 1. The number of hydrogen-bond acceptors (Lipinski definition) is 0. The van der Waals surface area contributed by atoms with E-state index >= 15 is 0 Å². The molecule has 0 amide bonds.